The van der Waals surface area contributed by atoms with E-state index in [4.69, 9.17) is 15.3 Å². The van der Waals surface area contributed by atoms with Crippen LogP contribution in [0, 0.1) is 5.41 Å². The van der Waals surface area contributed by atoms with Crippen molar-refractivity contribution in [1.29, 1.82) is 5.41 Å². The Morgan fingerprint density at radius 1 is 1.29 bits per heavy atom. The van der Waals surface area contributed by atoms with Crippen LogP contribution in [0.3, 0.4) is 0 Å². The van der Waals surface area contributed by atoms with Crippen LogP contribution in [0.25, 0.3) is 0 Å². The second-order valence-electron chi connectivity index (χ2n) is 3.64. The van der Waals surface area contributed by atoms with Gasteiger partial charge in [0.15, 0.2) is 5.90 Å². The minimum Gasteiger partial charge on any atom is -0.484 e. The largest absolute Gasteiger partial charge is 0.484 e. The van der Waals surface area contributed by atoms with Crippen LogP contribution in [0.1, 0.15) is 0 Å². The lowest BCUT2D eigenvalue weighted by molar-refractivity contribution is -0.205. The summed E-state index contributed by atoms with van der Waals surface area (Å²) in [4.78, 5) is 0. The third kappa shape index (κ3) is 3.54. The molecule has 100 valence electrons. The zero-order valence-electron chi connectivity index (χ0n) is 9.31. The highest BCUT2D eigenvalue weighted by Gasteiger charge is 2.43. The molecule has 0 saturated carbocycles. The van der Waals surface area contributed by atoms with Gasteiger partial charge in [-0.05, 0) is 0 Å². The molecule has 17 heavy (non-hydrogen) atoms. The SMILES string of the molecule is COC(=N)CS[C@H]1OC(CO)[C@@H](O)[C@@H](O)C1O. The van der Waals surface area contributed by atoms with E-state index >= 15 is 0 Å². The maximum atomic E-state index is 9.66. The molecule has 1 saturated heterocycles. The topological polar surface area (TPSA) is 123 Å². The average molecular weight is 267 g/mol. The number of rotatable bonds is 4. The molecular weight excluding hydrogens is 250 g/mol. The Balaban J connectivity index is 2.56. The molecule has 0 aromatic rings. The molecule has 1 aliphatic rings. The van der Waals surface area contributed by atoms with E-state index in [0.29, 0.717) is 0 Å². The molecule has 1 fully saturated rings. The molecule has 0 bridgehead atoms. The fourth-order valence-electron chi connectivity index (χ4n) is 1.42. The molecule has 2 unspecified atom stereocenters. The zero-order chi connectivity index (χ0) is 13.0. The van der Waals surface area contributed by atoms with Gasteiger partial charge in [-0.1, -0.05) is 0 Å². The predicted molar refractivity (Wildman–Crippen MR) is 61.0 cm³/mol. The highest BCUT2D eigenvalue weighted by Crippen LogP contribution is 2.28. The molecule has 0 amide bonds. The molecule has 7 nitrogen and oxygen atoms in total. The monoisotopic (exact) mass is 267 g/mol. The van der Waals surface area contributed by atoms with Gasteiger partial charge in [0, 0.05) is 0 Å². The van der Waals surface area contributed by atoms with E-state index in [0.717, 1.165) is 11.8 Å². The quantitative estimate of drug-likeness (QED) is 0.299. The van der Waals surface area contributed by atoms with E-state index in [1.165, 1.54) is 7.11 Å². The third-order valence-corrected chi connectivity index (χ3v) is 3.62. The van der Waals surface area contributed by atoms with Gasteiger partial charge in [0.25, 0.3) is 0 Å². The fourth-order valence-corrected chi connectivity index (χ4v) is 2.43. The molecule has 5 atom stereocenters. The zero-order valence-corrected chi connectivity index (χ0v) is 10.1. The van der Waals surface area contributed by atoms with Crippen molar-refractivity contribution in [3.8, 4) is 0 Å². The molecule has 0 aromatic heterocycles. The third-order valence-electron chi connectivity index (χ3n) is 2.47. The van der Waals surface area contributed by atoms with E-state index in [1.807, 2.05) is 0 Å². The summed E-state index contributed by atoms with van der Waals surface area (Å²) in [6.45, 7) is -0.455. The Morgan fingerprint density at radius 3 is 2.47 bits per heavy atom. The Morgan fingerprint density at radius 2 is 1.94 bits per heavy atom. The van der Waals surface area contributed by atoms with Crippen LogP contribution in [-0.2, 0) is 9.47 Å². The first-order chi connectivity index (χ1) is 8.01. The minimum atomic E-state index is -1.38. The summed E-state index contributed by atoms with van der Waals surface area (Å²) in [5.74, 6) is 0.172. The van der Waals surface area contributed by atoms with Crippen molar-refractivity contribution in [3.63, 3.8) is 0 Å². The van der Waals surface area contributed by atoms with Gasteiger partial charge in [0.2, 0.25) is 0 Å². The summed E-state index contributed by atoms with van der Waals surface area (Å²) in [6, 6.07) is 0. The van der Waals surface area contributed by atoms with Crippen LogP contribution in [0.15, 0.2) is 0 Å². The summed E-state index contributed by atoms with van der Waals surface area (Å²) in [5.41, 5.74) is -0.818. The number of ether oxygens (including phenoxy) is 2. The van der Waals surface area contributed by atoms with Crippen LogP contribution < -0.4 is 0 Å². The summed E-state index contributed by atoms with van der Waals surface area (Å²) in [7, 11) is 1.36. The number of hydrogen-bond donors (Lipinski definition) is 5. The number of aliphatic hydroxyl groups is 4. The van der Waals surface area contributed by atoms with Gasteiger partial charge >= 0.3 is 0 Å². The Bertz CT molecular complexity index is 264. The normalized spacial score (nSPS) is 37.8. The smallest absolute Gasteiger partial charge is 0.190 e. The number of nitrogens with one attached hydrogen (secondary N) is 1. The van der Waals surface area contributed by atoms with Crippen molar-refractivity contribution in [2.75, 3.05) is 19.5 Å². The summed E-state index contributed by atoms with van der Waals surface area (Å²) in [6.07, 6.45) is -4.92. The number of hydrogen-bond acceptors (Lipinski definition) is 8. The lowest BCUT2D eigenvalue weighted by Crippen LogP contribution is -2.57. The number of thioether (sulfide) groups is 1. The predicted octanol–water partition coefficient (Wildman–Crippen LogP) is -1.86. The summed E-state index contributed by atoms with van der Waals surface area (Å²) < 4.78 is 9.87. The van der Waals surface area contributed by atoms with Gasteiger partial charge in [-0.2, -0.15) is 0 Å². The highest BCUT2D eigenvalue weighted by atomic mass is 32.2. The van der Waals surface area contributed by atoms with E-state index in [-0.39, 0.29) is 11.7 Å². The number of methoxy groups -OCH3 is 1. The molecule has 0 aliphatic carbocycles. The van der Waals surface area contributed by atoms with Crippen molar-refractivity contribution in [3.05, 3.63) is 0 Å². The van der Waals surface area contributed by atoms with Gasteiger partial charge < -0.3 is 29.9 Å². The van der Waals surface area contributed by atoms with Crippen LogP contribution >= 0.6 is 11.8 Å². The van der Waals surface area contributed by atoms with Crippen molar-refractivity contribution in [2.24, 2.45) is 0 Å². The van der Waals surface area contributed by atoms with Crippen LogP contribution in [0.5, 0.6) is 0 Å². The molecule has 1 rings (SSSR count). The molecule has 1 heterocycles. The first kappa shape index (κ1) is 14.7. The first-order valence-electron chi connectivity index (χ1n) is 5.04. The van der Waals surface area contributed by atoms with Crippen molar-refractivity contribution in [1.82, 2.24) is 0 Å². The van der Waals surface area contributed by atoms with E-state index in [2.05, 4.69) is 4.74 Å². The van der Waals surface area contributed by atoms with Crippen LogP contribution in [-0.4, -0.2) is 75.6 Å². The van der Waals surface area contributed by atoms with E-state index in [9.17, 15) is 15.3 Å². The summed E-state index contributed by atoms with van der Waals surface area (Å²) >= 11 is 1.06. The standard InChI is InChI=1S/C9H17NO6S/c1-15-5(10)3-17-9-8(14)7(13)6(12)4(2-11)16-9/h4,6-14H,2-3H2,1H3/t4?,6-,7-,8?,9-/m1/s1. The Kier molecular flexibility index (Phi) is 5.63. The second kappa shape index (κ2) is 6.53. The first-order valence-corrected chi connectivity index (χ1v) is 6.09. The molecule has 0 aromatic carbocycles. The average Bonchev–Trinajstić information content (AvgIpc) is 2.34. The second-order valence-corrected chi connectivity index (χ2v) is 4.72. The van der Waals surface area contributed by atoms with Gasteiger partial charge in [0.1, 0.15) is 29.9 Å². The molecule has 0 spiro atoms. The maximum absolute atomic E-state index is 9.66. The maximum Gasteiger partial charge on any atom is 0.190 e. The molecule has 0 radical (unpaired) electrons. The molecular formula is C9H17NO6S. The fraction of sp³-hybridized carbons (Fsp3) is 0.889. The molecule has 8 heteroatoms. The van der Waals surface area contributed by atoms with Crippen molar-refractivity contribution >= 4 is 17.7 Å². The molecule has 1 aliphatic heterocycles. The van der Waals surface area contributed by atoms with Crippen molar-refractivity contribution in [2.45, 2.75) is 29.9 Å². The van der Waals surface area contributed by atoms with Gasteiger partial charge in [-0.15, -0.1) is 11.8 Å². The van der Waals surface area contributed by atoms with Gasteiger partial charge in [-0.25, -0.2) is 0 Å². The minimum absolute atomic E-state index is 0.00644. The lowest BCUT2D eigenvalue weighted by Gasteiger charge is -2.39. The lowest BCUT2D eigenvalue weighted by atomic mass is 10.0. The van der Waals surface area contributed by atoms with Crippen molar-refractivity contribution < 1.29 is 29.9 Å². The van der Waals surface area contributed by atoms with Crippen LogP contribution in [0.2, 0.25) is 0 Å². The molecule has 5 N–H and O–H groups in total. The van der Waals surface area contributed by atoms with E-state index < -0.39 is 36.5 Å². The number of aliphatic hydroxyl groups excluding tert-OH is 4. The van der Waals surface area contributed by atoms with Crippen LogP contribution in [0.4, 0.5) is 0 Å². The highest BCUT2D eigenvalue weighted by molar-refractivity contribution is 8.00. The Hall–Kier alpha value is -0.380. The van der Waals surface area contributed by atoms with Gasteiger partial charge in [-0.3, -0.25) is 5.41 Å². The Labute approximate surface area is 103 Å². The summed E-state index contributed by atoms with van der Waals surface area (Å²) in [5, 5.41) is 44.9. The van der Waals surface area contributed by atoms with Gasteiger partial charge in [0.05, 0.1) is 19.5 Å². The van der Waals surface area contributed by atoms with E-state index in [1.54, 1.807) is 0 Å².